The summed E-state index contributed by atoms with van der Waals surface area (Å²) in [6, 6.07) is 7.60. The first kappa shape index (κ1) is 18.7. The lowest BCUT2D eigenvalue weighted by molar-refractivity contribution is -0.159. The number of ether oxygens (including phenoxy) is 1. The number of carboxylic acid groups (broad SMARTS) is 2. The number of piperidine rings is 1. The number of carbonyl (C=O) groups is 2. The second-order valence-corrected chi connectivity index (χ2v) is 7.64. The third-order valence-electron chi connectivity index (χ3n) is 6.50. The van der Waals surface area contributed by atoms with Crippen molar-refractivity contribution in [2.24, 2.45) is 5.92 Å². The minimum absolute atomic E-state index is 0.456. The summed E-state index contributed by atoms with van der Waals surface area (Å²) in [5.41, 5.74) is 3.67. The summed E-state index contributed by atoms with van der Waals surface area (Å²) in [4.78, 5) is 20.8. The minimum Gasteiger partial charge on any atom is -0.497 e. The third-order valence-corrected chi connectivity index (χ3v) is 6.50. The predicted octanol–water partition coefficient (Wildman–Crippen LogP) is 2.54. The zero-order valence-electron chi connectivity index (χ0n) is 15.4. The van der Waals surface area contributed by atoms with Crippen LogP contribution in [0.3, 0.4) is 0 Å². The van der Waals surface area contributed by atoms with Crippen molar-refractivity contribution in [3.05, 3.63) is 29.3 Å². The maximum Gasteiger partial charge on any atom is 0.414 e. The van der Waals surface area contributed by atoms with Crippen molar-refractivity contribution >= 4 is 11.9 Å². The highest BCUT2D eigenvalue weighted by Gasteiger charge is 2.53. The van der Waals surface area contributed by atoms with E-state index in [-0.39, 0.29) is 0 Å². The molecule has 0 unspecified atom stereocenters. The molecule has 142 valence electrons. The van der Waals surface area contributed by atoms with E-state index in [1.807, 2.05) is 0 Å². The van der Waals surface area contributed by atoms with E-state index in [9.17, 15) is 0 Å². The van der Waals surface area contributed by atoms with E-state index in [2.05, 4.69) is 30.1 Å². The molecule has 1 saturated heterocycles. The monoisotopic (exact) mass is 361 g/mol. The number of fused-ring (bicyclic) bond motifs is 1. The van der Waals surface area contributed by atoms with Crippen molar-refractivity contribution in [1.82, 2.24) is 4.90 Å². The normalized spacial score (nSPS) is 29.5. The average Bonchev–Trinajstić information content (AvgIpc) is 2.65. The molecule has 2 fully saturated rings. The molecule has 26 heavy (non-hydrogen) atoms. The Labute approximate surface area is 153 Å². The Morgan fingerprint density at radius 3 is 2.58 bits per heavy atom. The van der Waals surface area contributed by atoms with Gasteiger partial charge in [0, 0.05) is 11.5 Å². The van der Waals surface area contributed by atoms with Crippen molar-refractivity contribution in [2.45, 2.75) is 50.0 Å². The Morgan fingerprint density at radius 1 is 1.19 bits per heavy atom. The van der Waals surface area contributed by atoms with E-state index < -0.39 is 11.9 Å². The summed E-state index contributed by atoms with van der Waals surface area (Å²) < 4.78 is 5.51. The molecule has 6 nitrogen and oxygen atoms in total. The maximum absolute atomic E-state index is 9.10. The van der Waals surface area contributed by atoms with E-state index in [0.717, 1.165) is 17.7 Å². The first-order valence-electron chi connectivity index (χ1n) is 9.23. The first-order chi connectivity index (χ1) is 12.4. The molecule has 4 rings (SSSR count). The zero-order chi connectivity index (χ0) is 18.9. The van der Waals surface area contributed by atoms with E-state index in [0.29, 0.717) is 5.41 Å². The molecule has 0 amide bonds. The molecule has 0 aromatic heterocycles. The van der Waals surface area contributed by atoms with Crippen LogP contribution in [0.25, 0.3) is 0 Å². The molecule has 0 spiro atoms. The summed E-state index contributed by atoms with van der Waals surface area (Å²) in [5, 5.41) is 14.8. The van der Waals surface area contributed by atoms with E-state index in [1.165, 1.54) is 45.1 Å². The van der Waals surface area contributed by atoms with Gasteiger partial charge in [-0.3, -0.25) is 0 Å². The maximum atomic E-state index is 9.10. The number of hydrogen-bond acceptors (Lipinski definition) is 4. The molecular formula is C20H27NO5. The van der Waals surface area contributed by atoms with E-state index in [1.54, 1.807) is 18.2 Å². The van der Waals surface area contributed by atoms with Gasteiger partial charge in [0.1, 0.15) is 5.75 Å². The second-order valence-electron chi connectivity index (χ2n) is 7.64. The van der Waals surface area contributed by atoms with Crippen molar-refractivity contribution < 1.29 is 24.5 Å². The highest BCUT2D eigenvalue weighted by atomic mass is 16.5. The molecule has 1 saturated carbocycles. The Hall–Kier alpha value is -2.08. The smallest absolute Gasteiger partial charge is 0.414 e. The summed E-state index contributed by atoms with van der Waals surface area (Å²) in [5.74, 6) is -1.74. The number of likely N-dealkylation sites (tertiary alicyclic amines) is 1. The molecular weight excluding hydrogens is 334 g/mol. The van der Waals surface area contributed by atoms with Crippen LogP contribution < -0.4 is 4.74 Å². The lowest BCUT2D eigenvalue weighted by Gasteiger charge is -2.58. The lowest BCUT2D eigenvalue weighted by atomic mass is 9.52. The van der Waals surface area contributed by atoms with Crippen LogP contribution in [0.2, 0.25) is 0 Å². The topological polar surface area (TPSA) is 87.1 Å². The number of aliphatic carboxylic acids is 2. The fraction of sp³-hybridized carbons (Fsp3) is 0.600. The van der Waals surface area contributed by atoms with E-state index >= 15 is 0 Å². The standard InChI is InChI=1S/C18H25NO.C2H2O4/c1-19-10-9-18-8-4-3-5-15(18)17(19)11-13-6-7-14(20-2)12-16(13)18;3-1(4)2(5)6/h6-7,12,15,17H,3-5,8-11H2,1-2H3;(H,3,4)(H,5,6)/t15-,17+,18+;/m1./s1. The number of methoxy groups -OCH3 is 1. The van der Waals surface area contributed by atoms with Crippen LogP contribution in [-0.2, 0) is 21.4 Å². The van der Waals surface area contributed by atoms with Crippen molar-refractivity contribution in [1.29, 1.82) is 0 Å². The number of nitrogens with zero attached hydrogens (tertiary/aromatic N) is 1. The molecule has 2 aliphatic carbocycles. The van der Waals surface area contributed by atoms with Crippen LogP contribution >= 0.6 is 0 Å². The van der Waals surface area contributed by atoms with Gasteiger partial charge in [-0.25, -0.2) is 9.59 Å². The fourth-order valence-electron chi connectivity index (χ4n) is 5.30. The number of carboxylic acids is 2. The molecule has 1 aliphatic heterocycles. The van der Waals surface area contributed by atoms with Crippen LogP contribution in [0, 0.1) is 5.92 Å². The van der Waals surface area contributed by atoms with Gasteiger partial charge in [-0.2, -0.15) is 0 Å². The lowest BCUT2D eigenvalue weighted by Crippen LogP contribution is -2.59. The van der Waals surface area contributed by atoms with Crippen LogP contribution in [0.4, 0.5) is 0 Å². The van der Waals surface area contributed by atoms with Gasteiger partial charge in [-0.15, -0.1) is 0 Å². The quantitative estimate of drug-likeness (QED) is 0.748. The van der Waals surface area contributed by atoms with E-state index in [4.69, 9.17) is 24.5 Å². The molecule has 3 atom stereocenters. The molecule has 6 heteroatoms. The van der Waals surface area contributed by atoms with Gasteiger partial charge in [-0.1, -0.05) is 18.9 Å². The largest absolute Gasteiger partial charge is 0.497 e. The summed E-state index contributed by atoms with van der Waals surface area (Å²) >= 11 is 0. The van der Waals surface area contributed by atoms with Gasteiger partial charge in [0.2, 0.25) is 0 Å². The highest BCUT2D eigenvalue weighted by Crippen LogP contribution is 2.55. The van der Waals surface area contributed by atoms with Gasteiger partial charge in [-0.05, 0) is 68.5 Å². The summed E-state index contributed by atoms with van der Waals surface area (Å²) in [6.45, 7) is 1.26. The summed E-state index contributed by atoms with van der Waals surface area (Å²) in [7, 11) is 4.12. The Morgan fingerprint density at radius 2 is 1.92 bits per heavy atom. The van der Waals surface area contributed by atoms with Crippen LogP contribution in [0.5, 0.6) is 5.75 Å². The molecule has 1 aromatic carbocycles. The molecule has 1 heterocycles. The molecule has 0 radical (unpaired) electrons. The van der Waals surface area contributed by atoms with Crippen LogP contribution in [0.15, 0.2) is 18.2 Å². The molecule has 1 aromatic rings. The third kappa shape index (κ3) is 3.18. The number of likely N-dealkylation sites (N-methyl/N-ethyl adjacent to an activating group) is 1. The second kappa shape index (κ2) is 7.27. The Bertz CT molecular complexity index is 691. The van der Waals surface area contributed by atoms with Crippen LogP contribution in [0.1, 0.15) is 43.2 Å². The predicted molar refractivity (Wildman–Crippen MR) is 96.6 cm³/mol. The van der Waals surface area contributed by atoms with Gasteiger partial charge in [0.05, 0.1) is 7.11 Å². The summed E-state index contributed by atoms with van der Waals surface area (Å²) in [6.07, 6.45) is 8.22. The molecule has 2 N–H and O–H groups in total. The SMILES string of the molecule is COc1ccc2c(c1)[C@]13CCCC[C@@H]1[C@H](C2)N(C)CC3.O=C(O)C(=O)O. The number of hydrogen-bond donors (Lipinski definition) is 2. The Balaban J connectivity index is 0.000000286. The zero-order valence-corrected chi connectivity index (χ0v) is 15.4. The molecule has 2 bridgehead atoms. The Kier molecular flexibility index (Phi) is 5.23. The number of rotatable bonds is 1. The average molecular weight is 361 g/mol. The van der Waals surface area contributed by atoms with Crippen molar-refractivity contribution in [3.63, 3.8) is 0 Å². The van der Waals surface area contributed by atoms with Gasteiger partial charge >= 0.3 is 11.9 Å². The van der Waals surface area contributed by atoms with Crippen LogP contribution in [-0.4, -0.2) is 53.8 Å². The highest BCUT2D eigenvalue weighted by molar-refractivity contribution is 6.27. The van der Waals surface area contributed by atoms with Crippen molar-refractivity contribution in [2.75, 3.05) is 20.7 Å². The van der Waals surface area contributed by atoms with Gasteiger partial charge in [0.25, 0.3) is 0 Å². The van der Waals surface area contributed by atoms with Gasteiger partial charge in [0.15, 0.2) is 0 Å². The first-order valence-corrected chi connectivity index (χ1v) is 9.23. The van der Waals surface area contributed by atoms with Gasteiger partial charge < -0.3 is 19.8 Å². The molecule has 3 aliphatic rings. The van der Waals surface area contributed by atoms with Crippen molar-refractivity contribution in [3.8, 4) is 5.75 Å². The minimum atomic E-state index is -1.82. The number of benzene rings is 1. The fourth-order valence-corrected chi connectivity index (χ4v) is 5.30.